The van der Waals surface area contributed by atoms with Crippen molar-refractivity contribution in [3.05, 3.63) is 99.3 Å². The standard InChI is InChI=1S/C28H29Cl2FN4O4S/c1-2-25(27(32)36)33-28(37)23-13-22(11-12-24(23)31)34-40(38,39)16-17-14-35(15-17)26(18-3-7-20(29)8-4-18)19-5-9-21(30)10-6-19/h3-13,17,25-26,34H,2,14-16H2,1H3,(H2,32,36)(H,33,37)/t25-/m0/s1. The average molecular weight is 608 g/mol. The molecule has 3 aromatic rings. The highest BCUT2D eigenvalue weighted by atomic mass is 35.5. The number of benzene rings is 3. The Bertz CT molecular complexity index is 1440. The van der Waals surface area contributed by atoms with Crippen LogP contribution in [0.5, 0.6) is 0 Å². The van der Waals surface area contributed by atoms with E-state index in [-0.39, 0.29) is 29.8 Å². The number of halogens is 3. The van der Waals surface area contributed by atoms with Gasteiger partial charge < -0.3 is 11.1 Å². The van der Waals surface area contributed by atoms with Crippen molar-refractivity contribution in [2.45, 2.75) is 25.4 Å². The van der Waals surface area contributed by atoms with Gasteiger partial charge in [0.05, 0.1) is 17.4 Å². The highest BCUT2D eigenvalue weighted by molar-refractivity contribution is 7.92. The predicted molar refractivity (Wildman–Crippen MR) is 154 cm³/mol. The molecule has 4 N–H and O–H groups in total. The largest absolute Gasteiger partial charge is 0.368 e. The summed E-state index contributed by atoms with van der Waals surface area (Å²) in [7, 11) is -3.82. The van der Waals surface area contributed by atoms with Crippen LogP contribution in [0.15, 0.2) is 66.7 Å². The first-order valence-corrected chi connectivity index (χ1v) is 15.0. The van der Waals surface area contributed by atoms with E-state index in [1.54, 1.807) is 6.92 Å². The minimum Gasteiger partial charge on any atom is -0.368 e. The second-order valence-corrected chi connectivity index (χ2v) is 12.4. The Morgan fingerprint density at radius 2 is 1.55 bits per heavy atom. The molecule has 212 valence electrons. The van der Waals surface area contributed by atoms with Crippen LogP contribution in [-0.4, -0.2) is 50.0 Å². The van der Waals surface area contributed by atoms with Crippen LogP contribution < -0.4 is 15.8 Å². The summed E-state index contributed by atoms with van der Waals surface area (Å²) in [5.74, 6) is -2.78. The fraction of sp³-hybridized carbons (Fsp3) is 0.286. The van der Waals surface area contributed by atoms with Gasteiger partial charge in [-0.1, -0.05) is 54.4 Å². The van der Waals surface area contributed by atoms with E-state index in [9.17, 15) is 22.4 Å². The molecule has 1 atom stereocenters. The van der Waals surface area contributed by atoms with Gasteiger partial charge in [0, 0.05) is 34.7 Å². The van der Waals surface area contributed by atoms with Crippen molar-refractivity contribution in [2.24, 2.45) is 11.7 Å². The summed E-state index contributed by atoms with van der Waals surface area (Å²) in [5.41, 5.74) is 6.92. The monoisotopic (exact) mass is 606 g/mol. The number of likely N-dealkylation sites (tertiary alicyclic amines) is 1. The van der Waals surface area contributed by atoms with Crippen molar-refractivity contribution in [1.82, 2.24) is 10.2 Å². The third-order valence-electron chi connectivity index (χ3n) is 6.72. The molecule has 40 heavy (non-hydrogen) atoms. The number of sulfonamides is 1. The van der Waals surface area contributed by atoms with E-state index in [1.165, 1.54) is 6.07 Å². The number of hydrogen-bond acceptors (Lipinski definition) is 5. The summed E-state index contributed by atoms with van der Waals surface area (Å²) < 4.78 is 42.7. The highest BCUT2D eigenvalue weighted by Gasteiger charge is 2.36. The van der Waals surface area contributed by atoms with Crippen LogP contribution in [0.2, 0.25) is 10.0 Å². The number of nitrogens with one attached hydrogen (secondary N) is 2. The molecule has 0 aliphatic carbocycles. The molecule has 1 saturated heterocycles. The highest BCUT2D eigenvalue weighted by Crippen LogP contribution is 2.36. The second-order valence-electron chi connectivity index (χ2n) is 9.74. The molecular weight excluding hydrogens is 578 g/mol. The third-order valence-corrected chi connectivity index (χ3v) is 8.68. The van der Waals surface area contributed by atoms with E-state index in [0.717, 1.165) is 23.3 Å². The number of anilines is 1. The molecule has 12 heteroatoms. The SMILES string of the molecule is CC[C@H](NC(=O)c1cc(NS(=O)(=O)CC2CN(C(c3ccc(Cl)cc3)c3ccc(Cl)cc3)C2)ccc1F)C(N)=O. The molecule has 0 bridgehead atoms. The molecule has 1 fully saturated rings. The Hall–Kier alpha value is -3.18. The van der Waals surface area contributed by atoms with E-state index in [2.05, 4.69) is 14.9 Å². The van der Waals surface area contributed by atoms with Crippen LogP contribution in [0.4, 0.5) is 10.1 Å². The molecule has 0 unspecified atom stereocenters. The number of carbonyl (C=O) groups is 2. The Labute approximate surface area is 242 Å². The normalized spacial score (nSPS) is 14.9. The number of amides is 2. The van der Waals surface area contributed by atoms with Crippen LogP contribution in [0.1, 0.15) is 40.9 Å². The summed E-state index contributed by atoms with van der Waals surface area (Å²) >= 11 is 12.2. The number of rotatable bonds is 11. The Morgan fingerprint density at radius 1 is 1.00 bits per heavy atom. The van der Waals surface area contributed by atoms with Crippen LogP contribution >= 0.6 is 23.2 Å². The number of primary amides is 1. The van der Waals surface area contributed by atoms with Gasteiger partial charge in [-0.25, -0.2) is 12.8 Å². The van der Waals surface area contributed by atoms with E-state index >= 15 is 0 Å². The topological polar surface area (TPSA) is 122 Å². The summed E-state index contributed by atoms with van der Waals surface area (Å²) in [4.78, 5) is 26.1. The Balaban J connectivity index is 1.43. The summed E-state index contributed by atoms with van der Waals surface area (Å²) in [6.07, 6.45) is 0.227. The van der Waals surface area contributed by atoms with Crippen molar-refractivity contribution < 1.29 is 22.4 Å². The number of nitrogens with two attached hydrogens (primary N) is 1. The van der Waals surface area contributed by atoms with Gasteiger partial charge in [0.15, 0.2) is 0 Å². The lowest BCUT2D eigenvalue weighted by molar-refractivity contribution is -0.119. The molecule has 1 aliphatic rings. The van der Waals surface area contributed by atoms with Gasteiger partial charge in [0.25, 0.3) is 5.91 Å². The molecule has 0 radical (unpaired) electrons. The Kier molecular flexibility index (Phi) is 9.35. The van der Waals surface area contributed by atoms with Crippen LogP contribution in [0.3, 0.4) is 0 Å². The summed E-state index contributed by atoms with van der Waals surface area (Å²) in [6.45, 7) is 2.70. The van der Waals surface area contributed by atoms with Gasteiger partial charge in [0.2, 0.25) is 15.9 Å². The van der Waals surface area contributed by atoms with Crippen molar-refractivity contribution in [1.29, 1.82) is 0 Å². The van der Waals surface area contributed by atoms with Crippen molar-refractivity contribution >= 4 is 50.7 Å². The van der Waals surface area contributed by atoms with Crippen LogP contribution in [0, 0.1) is 11.7 Å². The van der Waals surface area contributed by atoms with Gasteiger partial charge in [-0.3, -0.25) is 19.2 Å². The summed E-state index contributed by atoms with van der Waals surface area (Å²) in [6, 6.07) is 17.3. The molecule has 8 nitrogen and oxygen atoms in total. The van der Waals surface area contributed by atoms with Gasteiger partial charge in [0.1, 0.15) is 11.9 Å². The number of carbonyl (C=O) groups excluding carboxylic acids is 2. The van der Waals surface area contributed by atoms with Gasteiger partial charge in [-0.05, 0) is 60.0 Å². The third kappa shape index (κ3) is 7.31. The molecular formula is C28H29Cl2FN4O4S. The fourth-order valence-corrected chi connectivity index (χ4v) is 6.39. The maximum Gasteiger partial charge on any atom is 0.254 e. The molecule has 0 aromatic heterocycles. The number of hydrogen-bond donors (Lipinski definition) is 3. The van der Waals surface area contributed by atoms with Gasteiger partial charge in [-0.2, -0.15) is 0 Å². The average Bonchev–Trinajstić information content (AvgIpc) is 2.88. The predicted octanol–water partition coefficient (Wildman–Crippen LogP) is 4.59. The van der Waals surface area contributed by atoms with E-state index < -0.39 is 39.3 Å². The quantitative estimate of drug-likeness (QED) is 0.295. The van der Waals surface area contributed by atoms with Gasteiger partial charge in [-0.15, -0.1) is 0 Å². The molecule has 1 heterocycles. The lowest BCUT2D eigenvalue weighted by Crippen LogP contribution is -2.51. The zero-order valence-electron chi connectivity index (χ0n) is 21.6. The second kappa shape index (κ2) is 12.6. The number of nitrogens with zero attached hydrogens (tertiary/aromatic N) is 1. The molecule has 1 aliphatic heterocycles. The van der Waals surface area contributed by atoms with E-state index in [1.807, 2.05) is 48.5 Å². The molecule has 3 aromatic carbocycles. The molecule has 0 saturated carbocycles. The minimum absolute atomic E-state index is 0.0371. The Morgan fingerprint density at radius 3 is 2.05 bits per heavy atom. The summed E-state index contributed by atoms with van der Waals surface area (Å²) in [5, 5.41) is 3.61. The smallest absolute Gasteiger partial charge is 0.254 e. The van der Waals surface area contributed by atoms with E-state index in [4.69, 9.17) is 28.9 Å². The van der Waals surface area contributed by atoms with Crippen LogP contribution in [-0.2, 0) is 14.8 Å². The first kappa shape index (κ1) is 29.8. The molecule has 4 rings (SSSR count). The maximum absolute atomic E-state index is 14.4. The lowest BCUT2D eigenvalue weighted by Gasteiger charge is -2.44. The zero-order valence-corrected chi connectivity index (χ0v) is 23.9. The van der Waals surface area contributed by atoms with Crippen molar-refractivity contribution in [3.63, 3.8) is 0 Å². The lowest BCUT2D eigenvalue weighted by atomic mass is 9.91. The first-order valence-electron chi connectivity index (χ1n) is 12.6. The fourth-order valence-electron chi connectivity index (χ4n) is 4.73. The first-order chi connectivity index (χ1) is 19.0. The maximum atomic E-state index is 14.4. The van der Waals surface area contributed by atoms with Crippen molar-refractivity contribution in [2.75, 3.05) is 23.6 Å². The molecule has 2 amide bonds. The van der Waals surface area contributed by atoms with Crippen molar-refractivity contribution in [3.8, 4) is 0 Å². The molecule has 0 spiro atoms. The van der Waals surface area contributed by atoms with Crippen LogP contribution in [0.25, 0.3) is 0 Å². The minimum atomic E-state index is -3.82. The van der Waals surface area contributed by atoms with E-state index in [0.29, 0.717) is 23.1 Å². The van der Waals surface area contributed by atoms with Gasteiger partial charge >= 0.3 is 0 Å². The zero-order chi connectivity index (χ0) is 29.0.